The minimum absolute atomic E-state index is 0.246. The first kappa shape index (κ1) is 14.1. The van der Waals surface area contributed by atoms with Crippen LogP contribution in [0, 0.1) is 5.95 Å². The molecule has 2 aromatic rings. The number of hydrogen-bond acceptors (Lipinski definition) is 3. The number of halogens is 4. The third kappa shape index (κ3) is 3.37. The van der Waals surface area contributed by atoms with Gasteiger partial charge < -0.3 is 9.47 Å². The van der Waals surface area contributed by atoms with Crippen LogP contribution in [-0.4, -0.2) is 18.5 Å². The van der Waals surface area contributed by atoms with Gasteiger partial charge in [0.15, 0.2) is 0 Å². The van der Waals surface area contributed by atoms with Crippen LogP contribution in [0.15, 0.2) is 36.5 Å². The lowest BCUT2D eigenvalue weighted by Crippen LogP contribution is -2.17. The van der Waals surface area contributed by atoms with Gasteiger partial charge in [-0.3, -0.25) is 0 Å². The van der Waals surface area contributed by atoms with Crippen molar-refractivity contribution in [1.82, 2.24) is 4.98 Å². The Balaban J connectivity index is 2.43. The van der Waals surface area contributed by atoms with Crippen LogP contribution in [0.4, 0.5) is 17.6 Å². The maximum atomic E-state index is 13.2. The van der Waals surface area contributed by atoms with Gasteiger partial charge in [-0.05, 0) is 17.7 Å². The SMILES string of the molecule is COc1cnc(F)cc1-c1cccc(OC(F)(F)F)c1. The highest BCUT2D eigenvalue weighted by atomic mass is 19.4. The smallest absolute Gasteiger partial charge is 0.494 e. The van der Waals surface area contributed by atoms with E-state index >= 15 is 0 Å². The molecule has 0 spiro atoms. The monoisotopic (exact) mass is 287 g/mol. The molecule has 0 amide bonds. The number of ether oxygens (including phenoxy) is 2. The Kier molecular flexibility index (Phi) is 3.78. The molecular formula is C13H9F4NO2. The van der Waals surface area contributed by atoms with E-state index in [-0.39, 0.29) is 11.3 Å². The van der Waals surface area contributed by atoms with Crippen LogP contribution >= 0.6 is 0 Å². The Morgan fingerprint density at radius 3 is 2.55 bits per heavy atom. The van der Waals surface area contributed by atoms with Gasteiger partial charge in [0, 0.05) is 11.6 Å². The molecular weight excluding hydrogens is 278 g/mol. The van der Waals surface area contributed by atoms with E-state index in [2.05, 4.69) is 9.72 Å². The molecule has 1 aromatic carbocycles. The van der Waals surface area contributed by atoms with Crippen molar-refractivity contribution in [2.75, 3.05) is 7.11 Å². The van der Waals surface area contributed by atoms with Crippen LogP contribution in [-0.2, 0) is 0 Å². The standard InChI is InChI=1S/C13H9F4NO2/c1-19-11-7-18-12(14)6-10(11)8-3-2-4-9(5-8)20-13(15,16)17/h2-7H,1H3. The van der Waals surface area contributed by atoms with Crippen LogP contribution in [0.2, 0.25) is 0 Å². The molecule has 106 valence electrons. The van der Waals surface area contributed by atoms with E-state index in [0.29, 0.717) is 5.56 Å². The number of rotatable bonds is 3. The van der Waals surface area contributed by atoms with Gasteiger partial charge in [0.1, 0.15) is 11.5 Å². The number of nitrogens with zero attached hydrogens (tertiary/aromatic N) is 1. The minimum Gasteiger partial charge on any atom is -0.494 e. The molecule has 1 aromatic heterocycles. The Labute approximate surface area is 111 Å². The number of aromatic nitrogens is 1. The lowest BCUT2D eigenvalue weighted by Gasteiger charge is -2.11. The number of benzene rings is 1. The lowest BCUT2D eigenvalue weighted by molar-refractivity contribution is -0.274. The van der Waals surface area contributed by atoms with E-state index in [1.54, 1.807) is 0 Å². The highest BCUT2D eigenvalue weighted by Gasteiger charge is 2.31. The summed E-state index contributed by atoms with van der Waals surface area (Å²) in [6, 6.07) is 6.26. The van der Waals surface area contributed by atoms with E-state index in [9.17, 15) is 17.6 Å². The van der Waals surface area contributed by atoms with Crippen molar-refractivity contribution in [3.63, 3.8) is 0 Å². The van der Waals surface area contributed by atoms with Crippen LogP contribution in [0.3, 0.4) is 0 Å². The first-order chi connectivity index (χ1) is 9.39. The highest BCUT2D eigenvalue weighted by molar-refractivity contribution is 5.70. The summed E-state index contributed by atoms with van der Waals surface area (Å²) in [6.45, 7) is 0. The molecule has 7 heteroatoms. The minimum atomic E-state index is -4.79. The van der Waals surface area contributed by atoms with E-state index in [1.165, 1.54) is 19.2 Å². The largest absolute Gasteiger partial charge is 0.573 e. The number of alkyl halides is 3. The van der Waals surface area contributed by atoms with Crippen LogP contribution in [0.1, 0.15) is 0 Å². The quantitative estimate of drug-likeness (QED) is 0.635. The van der Waals surface area contributed by atoms with Crippen molar-refractivity contribution in [3.05, 3.63) is 42.5 Å². The van der Waals surface area contributed by atoms with Crippen LogP contribution < -0.4 is 9.47 Å². The van der Waals surface area contributed by atoms with Gasteiger partial charge in [-0.1, -0.05) is 12.1 Å². The van der Waals surface area contributed by atoms with Gasteiger partial charge in [0.25, 0.3) is 0 Å². The van der Waals surface area contributed by atoms with Crippen molar-refractivity contribution < 1.29 is 27.0 Å². The summed E-state index contributed by atoms with van der Waals surface area (Å²) in [6.07, 6.45) is -3.63. The van der Waals surface area contributed by atoms with Gasteiger partial charge in [-0.25, -0.2) is 4.98 Å². The molecule has 20 heavy (non-hydrogen) atoms. The molecule has 0 atom stereocenters. The second kappa shape index (κ2) is 5.36. The van der Waals surface area contributed by atoms with Gasteiger partial charge in [-0.15, -0.1) is 13.2 Å². The van der Waals surface area contributed by atoms with E-state index in [4.69, 9.17) is 4.74 Å². The first-order valence-electron chi connectivity index (χ1n) is 5.45. The Bertz CT molecular complexity index is 614. The van der Waals surface area contributed by atoms with Gasteiger partial charge in [0.05, 0.1) is 13.3 Å². The number of pyridine rings is 1. The van der Waals surface area contributed by atoms with Gasteiger partial charge in [0.2, 0.25) is 5.95 Å². The molecule has 1 heterocycles. The van der Waals surface area contributed by atoms with Crippen molar-refractivity contribution in [2.24, 2.45) is 0 Å². The maximum Gasteiger partial charge on any atom is 0.573 e. The zero-order chi connectivity index (χ0) is 14.8. The van der Waals surface area contributed by atoms with E-state index in [0.717, 1.165) is 24.4 Å². The third-order valence-corrected chi connectivity index (χ3v) is 2.43. The molecule has 0 aliphatic heterocycles. The summed E-state index contributed by atoms with van der Waals surface area (Å²) in [5.74, 6) is -0.909. The summed E-state index contributed by atoms with van der Waals surface area (Å²) in [5, 5.41) is 0. The third-order valence-electron chi connectivity index (χ3n) is 2.43. The predicted molar refractivity (Wildman–Crippen MR) is 62.9 cm³/mol. The highest BCUT2D eigenvalue weighted by Crippen LogP contribution is 2.33. The van der Waals surface area contributed by atoms with Crippen molar-refractivity contribution >= 4 is 0 Å². The fourth-order valence-electron chi connectivity index (χ4n) is 1.67. The summed E-state index contributed by atoms with van der Waals surface area (Å²) in [7, 11) is 1.36. The normalized spacial score (nSPS) is 11.2. The van der Waals surface area contributed by atoms with E-state index < -0.39 is 18.1 Å². The molecule has 0 saturated carbocycles. The topological polar surface area (TPSA) is 31.4 Å². The Morgan fingerprint density at radius 2 is 1.90 bits per heavy atom. The Hall–Kier alpha value is -2.31. The van der Waals surface area contributed by atoms with E-state index in [1.807, 2.05) is 0 Å². The molecule has 0 aliphatic rings. The summed E-state index contributed by atoms with van der Waals surface area (Å²) in [4.78, 5) is 3.42. The lowest BCUT2D eigenvalue weighted by atomic mass is 10.1. The average molecular weight is 287 g/mol. The number of methoxy groups -OCH3 is 1. The summed E-state index contributed by atoms with van der Waals surface area (Å²) in [5.41, 5.74) is 0.609. The fraction of sp³-hybridized carbons (Fsp3) is 0.154. The molecule has 0 unspecified atom stereocenters. The molecule has 0 aliphatic carbocycles. The summed E-state index contributed by atoms with van der Waals surface area (Å²) < 4.78 is 58.5. The molecule has 0 radical (unpaired) electrons. The predicted octanol–water partition coefficient (Wildman–Crippen LogP) is 3.79. The molecule has 0 fully saturated rings. The van der Waals surface area contributed by atoms with Crippen LogP contribution in [0.25, 0.3) is 11.1 Å². The molecule has 0 N–H and O–H groups in total. The van der Waals surface area contributed by atoms with Gasteiger partial charge in [-0.2, -0.15) is 4.39 Å². The zero-order valence-corrected chi connectivity index (χ0v) is 10.2. The Morgan fingerprint density at radius 1 is 1.15 bits per heavy atom. The van der Waals surface area contributed by atoms with Gasteiger partial charge >= 0.3 is 6.36 Å². The zero-order valence-electron chi connectivity index (χ0n) is 10.2. The molecule has 3 nitrogen and oxygen atoms in total. The average Bonchev–Trinajstić information content (AvgIpc) is 2.37. The van der Waals surface area contributed by atoms with Crippen molar-refractivity contribution in [1.29, 1.82) is 0 Å². The van der Waals surface area contributed by atoms with Crippen molar-refractivity contribution in [3.8, 4) is 22.6 Å². The second-order valence-corrected chi connectivity index (χ2v) is 3.78. The summed E-state index contributed by atoms with van der Waals surface area (Å²) >= 11 is 0. The first-order valence-corrected chi connectivity index (χ1v) is 5.45. The fourth-order valence-corrected chi connectivity index (χ4v) is 1.67. The van der Waals surface area contributed by atoms with Crippen molar-refractivity contribution in [2.45, 2.75) is 6.36 Å². The number of hydrogen-bond donors (Lipinski definition) is 0. The van der Waals surface area contributed by atoms with Crippen LogP contribution in [0.5, 0.6) is 11.5 Å². The molecule has 0 saturated heterocycles. The second-order valence-electron chi connectivity index (χ2n) is 3.78. The maximum absolute atomic E-state index is 13.2. The molecule has 0 bridgehead atoms. The molecule has 2 rings (SSSR count).